The maximum Gasteiger partial charge on any atom is 0.277 e. The molecule has 1 atom stereocenters. The molecule has 0 aliphatic carbocycles. The quantitative estimate of drug-likeness (QED) is 0.392. The number of carbonyl (C=O) groups excluding carboxylic acids is 1. The molecule has 0 fully saturated rings. The van der Waals surface area contributed by atoms with E-state index in [1.165, 1.54) is 12.7 Å². The molecule has 0 aromatic heterocycles. The number of non-ortho nitro benzene ring substituents is 1. The molecule has 9 nitrogen and oxygen atoms in total. The molecule has 0 spiro atoms. The Hall–Kier alpha value is -3.62. The average Bonchev–Trinajstić information content (AvgIpc) is 2.73. The number of carbonyl (C=O) groups is 1. The fourth-order valence-electron chi connectivity index (χ4n) is 2.44. The van der Waals surface area contributed by atoms with E-state index in [-0.39, 0.29) is 23.6 Å². The summed E-state index contributed by atoms with van der Waals surface area (Å²) >= 11 is 0. The van der Waals surface area contributed by atoms with Crippen LogP contribution in [0.3, 0.4) is 0 Å². The molecule has 0 heterocycles. The summed E-state index contributed by atoms with van der Waals surface area (Å²) in [5.41, 5.74) is 2.99. The minimum Gasteiger partial charge on any atom is -0.870 e. The van der Waals surface area contributed by atoms with E-state index in [0.717, 1.165) is 24.8 Å². The van der Waals surface area contributed by atoms with Crippen LogP contribution in [0.1, 0.15) is 37.3 Å². The highest BCUT2D eigenvalue weighted by molar-refractivity contribution is 5.87. The molecule has 0 aliphatic heterocycles. The molecular formula is C20H22N3O6-. The zero-order valence-electron chi connectivity index (χ0n) is 16.4. The molecule has 9 heteroatoms. The Balaban J connectivity index is 1.94. The van der Waals surface area contributed by atoms with Crippen molar-refractivity contribution in [2.75, 3.05) is 13.7 Å². The number of hydrogen-bond donors (Lipinski definition) is 1. The fraction of sp³-hybridized carbons (Fsp3) is 0.300. The SMILES string of the molecule is CC[C@@H](C)c1ccc(OCC(=O)N/N=C\c2cc([N+](=O)[O-])cc(OC)c2[O-])cc1. The van der Waals surface area contributed by atoms with Crippen LogP contribution in [-0.4, -0.2) is 30.8 Å². The Morgan fingerprint density at radius 3 is 2.59 bits per heavy atom. The van der Waals surface area contributed by atoms with Crippen LogP contribution in [0.15, 0.2) is 41.5 Å². The van der Waals surface area contributed by atoms with Gasteiger partial charge in [-0.1, -0.05) is 31.7 Å². The maximum atomic E-state index is 12.1. The second kappa shape index (κ2) is 10.1. The number of amides is 1. The number of benzene rings is 2. The summed E-state index contributed by atoms with van der Waals surface area (Å²) in [6.07, 6.45) is 2.05. The van der Waals surface area contributed by atoms with E-state index >= 15 is 0 Å². The first-order chi connectivity index (χ1) is 13.8. The van der Waals surface area contributed by atoms with E-state index in [2.05, 4.69) is 24.4 Å². The monoisotopic (exact) mass is 400 g/mol. The molecule has 0 radical (unpaired) electrons. The van der Waals surface area contributed by atoms with E-state index in [1.807, 2.05) is 12.1 Å². The van der Waals surface area contributed by atoms with Crippen molar-refractivity contribution in [2.45, 2.75) is 26.2 Å². The molecule has 154 valence electrons. The van der Waals surface area contributed by atoms with Gasteiger partial charge in [0.05, 0.1) is 24.3 Å². The zero-order chi connectivity index (χ0) is 21.4. The summed E-state index contributed by atoms with van der Waals surface area (Å²) in [7, 11) is 1.23. The first kappa shape index (κ1) is 21.7. The van der Waals surface area contributed by atoms with Crippen LogP contribution in [0.2, 0.25) is 0 Å². The van der Waals surface area contributed by atoms with Crippen LogP contribution < -0.4 is 20.0 Å². The molecule has 29 heavy (non-hydrogen) atoms. The number of nitro groups is 1. The molecule has 0 bridgehead atoms. The summed E-state index contributed by atoms with van der Waals surface area (Å²) in [6.45, 7) is 3.97. The molecule has 0 saturated heterocycles. The largest absolute Gasteiger partial charge is 0.870 e. The maximum absolute atomic E-state index is 12.1. The molecule has 0 aliphatic rings. The Morgan fingerprint density at radius 1 is 1.31 bits per heavy atom. The van der Waals surface area contributed by atoms with Crippen molar-refractivity contribution in [1.82, 2.24) is 5.43 Å². The second-order valence-electron chi connectivity index (χ2n) is 6.28. The molecule has 0 saturated carbocycles. The van der Waals surface area contributed by atoms with Crippen molar-refractivity contribution in [3.05, 3.63) is 57.6 Å². The van der Waals surface area contributed by atoms with Crippen LogP contribution in [0.5, 0.6) is 17.2 Å². The van der Waals surface area contributed by atoms with Crippen molar-refractivity contribution in [3.63, 3.8) is 0 Å². The lowest BCUT2D eigenvalue weighted by atomic mass is 9.99. The second-order valence-corrected chi connectivity index (χ2v) is 6.28. The number of hydrazone groups is 1. The summed E-state index contributed by atoms with van der Waals surface area (Å²) in [5.74, 6) is -0.316. The standard InChI is InChI=1S/C20H23N3O6/c1-4-13(2)14-5-7-17(8-6-14)29-12-19(24)22-21-11-15-9-16(23(26)27)10-18(28-3)20(15)25/h5-11,13,25H,4,12H2,1-3H3,(H,22,24)/p-1/b21-11-/t13-/m1/s1. The first-order valence-corrected chi connectivity index (χ1v) is 8.93. The minimum absolute atomic E-state index is 0.0853. The molecule has 2 rings (SSSR count). The van der Waals surface area contributed by atoms with Crippen LogP contribution in [0, 0.1) is 10.1 Å². The number of rotatable bonds is 9. The van der Waals surface area contributed by atoms with Gasteiger partial charge < -0.3 is 14.6 Å². The van der Waals surface area contributed by atoms with E-state index in [1.54, 1.807) is 12.1 Å². The molecule has 2 aromatic rings. The summed E-state index contributed by atoms with van der Waals surface area (Å²) in [5, 5.41) is 26.7. The van der Waals surface area contributed by atoms with Gasteiger partial charge in [0, 0.05) is 6.07 Å². The van der Waals surface area contributed by atoms with Crippen molar-refractivity contribution in [3.8, 4) is 17.2 Å². The predicted molar refractivity (Wildman–Crippen MR) is 105 cm³/mol. The summed E-state index contributed by atoms with van der Waals surface area (Å²) in [4.78, 5) is 22.1. The van der Waals surface area contributed by atoms with Crippen LogP contribution >= 0.6 is 0 Å². The fourth-order valence-corrected chi connectivity index (χ4v) is 2.44. The van der Waals surface area contributed by atoms with E-state index in [9.17, 15) is 20.0 Å². The van der Waals surface area contributed by atoms with Crippen molar-refractivity contribution in [1.29, 1.82) is 0 Å². The van der Waals surface area contributed by atoms with Gasteiger partial charge in [-0.3, -0.25) is 14.9 Å². The van der Waals surface area contributed by atoms with Crippen molar-refractivity contribution >= 4 is 17.8 Å². The summed E-state index contributed by atoms with van der Waals surface area (Å²) in [6, 6.07) is 9.55. The van der Waals surface area contributed by atoms with E-state index < -0.39 is 16.6 Å². The van der Waals surface area contributed by atoms with Gasteiger partial charge in [0.1, 0.15) is 11.5 Å². The lowest BCUT2D eigenvalue weighted by Gasteiger charge is -2.14. The van der Waals surface area contributed by atoms with Crippen LogP contribution in [0.4, 0.5) is 5.69 Å². The third kappa shape index (κ3) is 5.93. The third-order valence-corrected chi connectivity index (χ3v) is 4.32. The number of nitrogens with zero attached hydrogens (tertiary/aromatic N) is 2. The van der Waals surface area contributed by atoms with Gasteiger partial charge in [0.25, 0.3) is 11.6 Å². The molecule has 0 unspecified atom stereocenters. The van der Waals surface area contributed by atoms with E-state index in [0.29, 0.717) is 11.7 Å². The highest BCUT2D eigenvalue weighted by Crippen LogP contribution is 2.31. The predicted octanol–water partition coefficient (Wildman–Crippen LogP) is 2.72. The first-order valence-electron chi connectivity index (χ1n) is 8.93. The topological polar surface area (TPSA) is 126 Å². The Kier molecular flexibility index (Phi) is 7.53. The van der Waals surface area contributed by atoms with Crippen molar-refractivity contribution < 1.29 is 24.3 Å². The van der Waals surface area contributed by atoms with Crippen LogP contribution in [-0.2, 0) is 4.79 Å². The summed E-state index contributed by atoms with van der Waals surface area (Å²) < 4.78 is 10.2. The zero-order valence-corrected chi connectivity index (χ0v) is 16.4. The van der Waals surface area contributed by atoms with Gasteiger partial charge in [-0.05, 0) is 35.6 Å². The number of nitro benzene ring substituents is 1. The number of ether oxygens (including phenoxy) is 2. The third-order valence-electron chi connectivity index (χ3n) is 4.32. The smallest absolute Gasteiger partial charge is 0.277 e. The Labute approximate surface area is 168 Å². The number of nitrogens with one attached hydrogen (secondary N) is 1. The molecule has 2 aromatic carbocycles. The van der Waals surface area contributed by atoms with Crippen LogP contribution in [0.25, 0.3) is 0 Å². The average molecular weight is 400 g/mol. The lowest BCUT2D eigenvalue weighted by Crippen LogP contribution is -2.24. The Bertz CT molecular complexity index is 896. The normalized spacial score (nSPS) is 11.8. The van der Waals surface area contributed by atoms with Crippen molar-refractivity contribution in [2.24, 2.45) is 5.10 Å². The highest BCUT2D eigenvalue weighted by atomic mass is 16.6. The molecule has 1 amide bonds. The van der Waals surface area contributed by atoms with Gasteiger partial charge in [0.2, 0.25) is 0 Å². The number of methoxy groups -OCH3 is 1. The highest BCUT2D eigenvalue weighted by Gasteiger charge is 2.11. The minimum atomic E-state index is -0.655. The van der Waals surface area contributed by atoms with Gasteiger partial charge >= 0.3 is 0 Å². The number of hydrogen-bond acceptors (Lipinski definition) is 7. The molecular weight excluding hydrogens is 378 g/mol. The van der Waals surface area contributed by atoms with Gasteiger partial charge in [-0.25, -0.2) is 5.43 Å². The molecule has 1 N–H and O–H groups in total. The van der Waals surface area contributed by atoms with Gasteiger partial charge in [-0.2, -0.15) is 5.10 Å². The lowest BCUT2D eigenvalue weighted by molar-refractivity contribution is -0.385. The van der Waals surface area contributed by atoms with Gasteiger partial charge in [0.15, 0.2) is 6.61 Å². The van der Waals surface area contributed by atoms with E-state index in [4.69, 9.17) is 9.47 Å². The van der Waals surface area contributed by atoms with Gasteiger partial charge in [-0.15, -0.1) is 0 Å². The Morgan fingerprint density at radius 2 is 2.00 bits per heavy atom.